The number of rotatable bonds is 9. The minimum atomic E-state index is -2.33. The molecule has 11 heteroatoms. The smallest absolute Gasteiger partial charge is 0.257 e. The molecule has 2 aliphatic heterocycles. The molecule has 2 saturated heterocycles. The Labute approximate surface area is 275 Å². The molecule has 0 aromatic heterocycles. The molecule has 4 aromatic rings. The van der Waals surface area contributed by atoms with Crippen molar-refractivity contribution in [1.29, 1.82) is 0 Å². The Balaban J connectivity index is 1.19. The van der Waals surface area contributed by atoms with Crippen molar-refractivity contribution in [1.82, 2.24) is 10.2 Å². The van der Waals surface area contributed by atoms with Gasteiger partial charge < -0.3 is 24.8 Å². The van der Waals surface area contributed by atoms with E-state index in [1.54, 1.807) is 24.3 Å². The van der Waals surface area contributed by atoms with Gasteiger partial charge in [-0.25, -0.2) is 22.0 Å². The van der Waals surface area contributed by atoms with Crippen LogP contribution in [0.3, 0.4) is 0 Å². The van der Waals surface area contributed by atoms with Gasteiger partial charge in [-0.1, -0.05) is 79.2 Å². The summed E-state index contributed by atoms with van der Waals surface area (Å²) in [5, 5.41) is 11.8. The molecule has 2 heterocycles. The zero-order chi connectivity index (χ0) is 33.8. The van der Waals surface area contributed by atoms with E-state index in [-0.39, 0.29) is 25.4 Å². The van der Waals surface area contributed by atoms with Crippen molar-refractivity contribution < 1.29 is 41.3 Å². The fourth-order valence-electron chi connectivity index (χ4n) is 6.31. The summed E-state index contributed by atoms with van der Waals surface area (Å²) in [6, 6.07) is 22.2. The fraction of sp³-hybridized carbons (Fsp3) is 0.324. The molecule has 6 rings (SSSR count). The third-order valence-corrected chi connectivity index (χ3v) is 8.91. The van der Waals surface area contributed by atoms with Gasteiger partial charge in [-0.15, -0.1) is 0 Å². The molecule has 0 bridgehead atoms. The molecule has 2 N–H and O–H groups in total. The third-order valence-electron chi connectivity index (χ3n) is 8.91. The normalized spacial score (nSPS) is 20.1. The van der Waals surface area contributed by atoms with Crippen LogP contribution in [0.2, 0.25) is 0 Å². The Morgan fingerprint density at radius 2 is 1.40 bits per heavy atom. The van der Waals surface area contributed by atoms with Gasteiger partial charge in [-0.05, 0) is 53.7 Å². The number of hydrogen-bond acceptors (Lipinski definition) is 5. The second-order valence-corrected chi connectivity index (χ2v) is 12.1. The molecule has 0 unspecified atom stereocenters. The topological polar surface area (TPSA) is 71.0 Å². The first-order chi connectivity index (χ1) is 23.2. The summed E-state index contributed by atoms with van der Waals surface area (Å²) in [7, 11) is 0. The zero-order valence-electron chi connectivity index (χ0n) is 26.0. The summed E-state index contributed by atoms with van der Waals surface area (Å²) < 4.78 is 82.2. The van der Waals surface area contributed by atoms with Crippen molar-refractivity contribution in [2.45, 2.75) is 57.3 Å². The maximum absolute atomic E-state index is 14.2. The number of halogens is 5. The van der Waals surface area contributed by atoms with E-state index in [0.717, 1.165) is 41.9 Å². The lowest BCUT2D eigenvalue weighted by molar-refractivity contribution is -0.253. The number of hydrogen-bond donors (Lipinski definition) is 2. The Bertz CT molecular complexity index is 1720. The summed E-state index contributed by atoms with van der Waals surface area (Å²) in [5.74, 6) is -12.5. The number of aliphatic hydroxyl groups is 1. The fourth-order valence-corrected chi connectivity index (χ4v) is 6.31. The second kappa shape index (κ2) is 14.9. The minimum Gasteiger partial charge on any atom is -0.392 e. The second-order valence-electron chi connectivity index (χ2n) is 12.1. The largest absolute Gasteiger partial charge is 0.392 e. The maximum atomic E-state index is 14.2. The van der Waals surface area contributed by atoms with E-state index in [4.69, 9.17) is 9.47 Å². The third kappa shape index (κ3) is 7.29. The van der Waals surface area contributed by atoms with Gasteiger partial charge in [0.05, 0.1) is 18.8 Å². The van der Waals surface area contributed by atoms with E-state index in [9.17, 15) is 31.9 Å². The molecule has 0 saturated carbocycles. The van der Waals surface area contributed by atoms with E-state index in [0.29, 0.717) is 17.5 Å². The van der Waals surface area contributed by atoms with Crippen molar-refractivity contribution in [3.63, 3.8) is 0 Å². The average molecular weight is 667 g/mol. The van der Waals surface area contributed by atoms with Crippen LogP contribution in [0.1, 0.15) is 70.7 Å². The monoisotopic (exact) mass is 666 g/mol. The summed E-state index contributed by atoms with van der Waals surface area (Å²) in [5.41, 5.74) is 3.09. The molecular formula is C37H35F5N2O4. The van der Waals surface area contributed by atoms with Gasteiger partial charge in [0.2, 0.25) is 5.82 Å². The number of aliphatic hydroxyl groups excluding tert-OH is 1. The molecule has 0 radical (unpaired) electrons. The van der Waals surface area contributed by atoms with Gasteiger partial charge in [0.15, 0.2) is 29.6 Å². The van der Waals surface area contributed by atoms with Gasteiger partial charge in [0.1, 0.15) is 5.56 Å². The van der Waals surface area contributed by atoms with Gasteiger partial charge in [-0.3, -0.25) is 4.79 Å². The summed E-state index contributed by atoms with van der Waals surface area (Å²) in [6.07, 6.45) is 3.35. The molecule has 6 nitrogen and oxygen atoms in total. The number of nitrogens with one attached hydrogen (secondary N) is 1. The van der Waals surface area contributed by atoms with Crippen molar-refractivity contribution >= 4 is 5.91 Å². The van der Waals surface area contributed by atoms with Gasteiger partial charge >= 0.3 is 0 Å². The van der Waals surface area contributed by atoms with Crippen LogP contribution in [0, 0.1) is 29.1 Å². The van der Waals surface area contributed by atoms with E-state index in [1.807, 2.05) is 48.5 Å². The van der Waals surface area contributed by atoms with Crippen LogP contribution in [0.4, 0.5) is 22.0 Å². The lowest BCUT2D eigenvalue weighted by Gasteiger charge is -2.39. The number of carbonyl (C=O) groups excluding carboxylic acids is 1. The first kappa shape index (κ1) is 33.7. The van der Waals surface area contributed by atoms with Crippen molar-refractivity contribution in [3.8, 4) is 11.1 Å². The molecule has 252 valence electrons. The molecule has 4 aromatic carbocycles. The zero-order valence-corrected chi connectivity index (χ0v) is 26.0. The van der Waals surface area contributed by atoms with Crippen LogP contribution in [0.25, 0.3) is 11.1 Å². The Morgan fingerprint density at radius 3 is 2.06 bits per heavy atom. The lowest BCUT2D eigenvalue weighted by atomic mass is 9.97. The maximum Gasteiger partial charge on any atom is 0.257 e. The summed E-state index contributed by atoms with van der Waals surface area (Å²) >= 11 is 0. The standard InChI is InChI=1S/C37H35F5N2O4/c38-31-30(32(39)34(41)35(42)33(31)40)36(46)43-19-26-6-2-3-7-28(26)23-12-14-25(15-13-23)37-47-27(20-44-16-4-1-5-17-44)18-29(48-37)24-10-8-22(21-45)9-11-24/h2-3,6-15,27,29,37,45H,1,4-5,16-21H2,(H,43,46)/t27-,29+,37+/m0/s1. The van der Waals surface area contributed by atoms with E-state index >= 15 is 0 Å². The molecular weight excluding hydrogens is 631 g/mol. The Morgan fingerprint density at radius 1 is 0.771 bits per heavy atom. The minimum absolute atomic E-state index is 0.0394. The first-order valence-electron chi connectivity index (χ1n) is 15.9. The molecule has 1 amide bonds. The Kier molecular flexibility index (Phi) is 10.5. The van der Waals surface area contributed by atoms with Crippen LogP contribution < -0.4 is 5.32 Å². The number of nitrogens with zero attached hydrogens (tertiary/aromatic N) is 1. The number of likely N-dealkylation sites (tertiary alicyclic amines) is 1. The predicted molar refractivity (Wildman–Crippen MR) is 168 cm³/mol. The quantitative estimate of drug-likeness (QED) is 0.110. The first-order valence-corrected chi connectivity index (χ1v) is 15.9. The number of piperidine rings is 1. The van der Waals surface area contributed by atoms with Crippen molar-refractivity contribution in [3.05, 3.63) is 130 Å². The molecule has 2 aliphatic rings. The highest BCUT2D eigenvalue weighted by atomic mass is 19.2. The highest BCUT2D eigenvalue weighted by Gasteiger charge is 2.34. The number of benzene rings is 4. The van der Waals surface area contributed by atoms with Crippen molar-refractivity contribution in [2.24, 2.45) is 0 Å². The van der Waals surface area contributed by atoms with Gasteiger partial charge in [0.25, 0.3) is 5.91 Å². The summed E-state index contributed by atoms with van der Waals surface area (Å²) in [4.78, 5) is 15.0. The van der Waals surface area contributed by atoms with Crippen LogP contribution in [0.15, 0.2) is 72.8 Å². The van der Waals surface area contributed by atoms with Gasteiger partial charge in [-0.2, -0.15) is 0 Å². The van der Waals surface area contributed by atoms with Crippen LogP contribution in [-0.2, 0) is 22.6 Å². The summed E-state index contributed by atoms with van der Waals surface area (Å²) in [6.45, 7) is 2.60. The Hall–Kier alpha value is -4.16. The molecule has 2 fully saturated rings. The molecule has 48 heavy (non-hydrogen) atoms. The average Bonchev–Trinajstić information content (AvgIpc) is 3.13. The highest BCUT2D eigenvalue weighted by molar-refractivity contribution is 5.95. The molecule has 0 spiro atoms. The molecule has 3 atom stereocenters. The van der Waals surface area contributed by atoms with Gasteiger partial charge in [0, 0.05) is 25.1 Å². The lowest BCUT2D eigenvalue weighted by Crippen LogP contribution is -2.41. The molecule has 0 aliphatic carbocycles. The number of ether oxygens (including phenoxy) is 2. The van der Waals surface area contributed by atoms with E-state index in [1.165, 1.54) is 19.3 Å². The van der Waals surface area contributed by atoms with Crippen LogP contribution in [-0.4, -0.2) is 41.7 Å². The van der Waals surface area contributed by atoms with Crippen molar-refractivity contribution in [2.75, 3.05) is 19.6 Å². The SMILES string of the molecule is O=C(NCc1ccccc1-c1ccc([C@@H]2O[C@H](CN3CCCCC3)C[C@H](c3ccc(CO)cc3)O2)cc1)c1c(F)c(F)c(F)c(F)c1F. The van der Waals surface area contributed by atoms with Crippen LogP contribution >= 0.6 is 0 Å². The van der Waals surface area contributed by atoms with E-state index in [2.05, 4.69) is 10.2 Å². The van der Waals surface area contributed by atoms with Crippen LogP contribution in [0.5, 0.6) is 0 Å². The van der Waals surface area contributed by atoms with E-state index < -0.39 is 46.8 Å². The number of carbonyl (C=O) groups is 1. The number of amides is 1. The highest BCUT2D eigenvalue weighted by Crippen LogP contribution is 2.39. The predicted octanol–water partition coefficient (Wildman–Crippen LogP) is 7.50.